The van der Waals surface area contributed by atoms with Gasteiger partial charge in [-0.15, -0.1) is 0 Å². The molecule has 26 heavy (non-hydrogen) atoms. The van der Waals surface area contributed by atoms with E-state index in [0.29, 0.717) is 30.1 Å². The van der Waals surface area contributed by atoms with Crippen molar-refractivity contribution in [1.82, 2.24) is 15.0 Å². The maximum atomic E-state index is 11.1. The molecule has 0 bridgehead atoms. The molecule has 0 saturated carbocycles. The van der Waals surface area contributed by atoms with Crippen molar-refractivity contribution in [3.63, 3.8) is 0 Å². The highest BCUT2D eigenvalue weighted by Gasteiger charge is 2.11. The first-order valence-electron chi connectivity index (χ1n) is 8.01. The number of nitrogens with one attached hydrogen (secondary N) is 1. The molecule has 0 unspecified atom stereocenters. The first kappa shape index (κ1) is 17.6. The summed E-state index contributed by atoms with van der Waals surface area (Å²) in [6.45, 7) is 2.23. The minimum Gasteiger partial charge on any atom is -0.474 e. The minimum absolute atomic E-state index is 0.117. The normalized spacial score (nSPS) is 10.7. The molecule has 2 aromatic heterocycles. The summed E-state index contributed by atoms with van der Waals surface area (Å²) < 4.78 is 10.6. The van der Waals surface area contributed by atoms with Crippen LogP contribution in [-0.2, 0) is 9.53 Å². The van der Waals surface area contributed by atoms with Crippen LogP contribution in [0.1, 0.15) is 6.92 Å². The number of ether oxygens (including phenoxy) is 2. The molecule has 0 aliphatic carbocycles. The van der Waals surface area contributed by atoms with Crippen LogP contribution in [-0.4, -0.2) is 41.2 Å². The summed E-state index contributed by atoms with van der Waals surface area (Å²) in [5.41, 5.74) is 9.21. The predicted molar refractivity (Wildman–Crippen MR) is 98.9 cm³/mol. The first-order chi connectivity index (χ1) is 12.6. The van der Waals surface area contributed by atoms with Crippen molar-refractivity contribution in [3.8, 4) is 17.1 Å². The Labute approximate surface area is 150 Å². The zero-order chi connectivity index (χ0) is 18.5. The van der Waals surface area contributed by atoms with E-state index in [2.05, 4.69) is 20.3 Å². The Morgan fingerprint density at radius 1 is 1.08 bits per heavy atom. The average molecular weight is 353 g/mol. The summed E-state index contributed by atoms with van der Waals surface area (Å²) in [7, 11) is 1.59. The van der Waals surface area contributed by atoms with E-state index in [4.69, 9.17) is 15.2 Å². The highest BCUT2D eigenvalue weighted by molar-refractivity contribution is 5.89. The fourth-order valence-electron chi connectivity index (χ4n) is 2.42. The first-order valence-corrected chi connectivity index (χ1v) is 8.01. The molecule has 0 spiro atoms. The van der Waals surface area contributed by atoms with Crippen LogP contribution in [0.2, 0.25) is 0 Å². The summed E-state index contributed by atoms with van der Waals surface area (Å²) >= 11 is 0. The monoisotopic (exact) mass is 353 g/mol. The van der Waals surface area contributed by atoms with Crippen molar-refractivity contribution < 1.29 is 14.3 Å². The number of methoxy groups -OCH3 is 1. The van der Waals surface area contributed by atoms with Gasteiger partial charge in [-0.2, -0.15) is 4.98 Å². The second-order valence-corrected chi connectivity index (χ2v) is 5.55. The van der Waals surface area contributed by atoms with E-state index in [1.54, 1.807) is 7.11 Å². The van der Waals surface area contributed by atoms with Crippen molar-refractivity contribution in [2.75, 3.05) is 31.4 Å². The quantitative estimate of drug-likeness (QED) is 0.654. The molecule has 3 rings (SSSR count). The number of nitrogens with zero attached hydrogens (tertiary/aromatic N) is 3. The molecule has 2 heterocycles. The Bertz CT molecular complexity index is 928. The number of benzene rings is 1. The number of carbonyl (C=O) groups excluding carboxylic acids is 1. The number of carbonyl (C=O) groups is 1. The molecule has 0 aliphatic heterocycles. The van der Waals surface area contributed by atoms with Crippen molar-refractivity contribution >= 4 is 28.6 Å². The van der Waals surface area contributed by atoms with Crippen molar-refractivity contribution in [2.24, 2.45) is 0 Å². The van der Waals surface area contributed by atoms with Gasteiger partial charge in [0.25, 0.3) is 0 Å². The standard InChI is InChI=1S/C18H19N5O3/c1-11(24)20-13-5-3-12(4-6-13)14-7-8-15-16(21-14)17(23-18(19)22-15)26-10-9-25-2/h3-8H,9-10H2,1-2H3,(H,20,24)(H2,19,22,23). The second kappa shape index (κ2) is 7.75. The van der Waals surface area contributed by atoms with Crippen LogP contribution in [0.25, 0.3) is 22.3 Å². The van der Waals surface area contributed by atoms with E-state index in [1.165, 1.54) is 6.92 Å². The van der Waals surface area contributed by atoms with Crippen molar-refractivity contribution in [2.45, 2.75) is 6.92 Å². The van der Waals surface area contributed by atoms with Crippen molar-refractivity contribution in [3.05, 3.63) is 36.4 Å². The number of nitrogen functional groups attached to an aromatic ring is 1. The summed E-state index contributed by atoms with van der Waals surface area (Å²) in [6, 6.07) is 11.1. The van der Waals surface area contributed by atoms with Crippen LogP contribution in [0.5, 0.6) is 5.88 Å². The summed E-state index contributed by atoms with van der Waals surface area (Å²) in [6.07, 6.45) is 0. The lowest BCUT2D eigenvalue weighted by Crippen LogP contribution is -2.08. The smallest absolute Gasteiger partial charge is 0.245 e. The van der Waals surface area contributed by atoms with E-state index >= 15 is 0 Å². The van der Waals surface area contributed by atoms with Gasteiger partial charge in [-0.05, 0) is 24.3 Å². The van der Waals surface area contributed by atoms with Crippen LogP contribution in [0.4, 0.5) is 11.6 Å². The number of amides is 1. The van der Waals surface area contributed by atoms with Crippen LogP contribution in [0, 0.1) is 0 Å². The molecule has 3 aromatic rings. The van der Waals surface area contributed by atoms with Gasteiger partial charge in [-0.3, -0.25) is 4.79 Å². The SMILES string of the molecule is COCCOc1nc(N)nc2ccc(-c3ccc(NC(C)=O)cc3)nc12. The fraction of sp³-hybridized carbons (Fsp3) is 0.222. The predicted octanol–water partition coefficient (Wildman–Crippen LogP) is 2.26. The zero-order valence-electron chi connectivity index (χ0n) is 14.5. The number of rotatable bonds is 6. The largest absolute Gasteiger partial charge is 0.474 e. The van der Waals surface area contributed by atoms with Crippen LogP contribution in [0.15, 0.2) is 36.4 Å². The van der Waals surface area contributed by atoms with Gasteiger partial charge in [0, 0.05) is 25.3 Å². The summed E-state index contributed by atoms with van der Waals surface area (Å²) in [5.74, 6) is 0.328. The third kappa shape index (κ3) is 4.04. The van der Waals surface area contributed by atoms with Crippen LogP contribution in [0.3, 0.4) is 0 Å². The molecular formula is C18H19N5O3. The number of hydrogen-bond acceptors (Lipinski definition) is 7. The highest BCUT2D eigenvalue weighted by Crippen LogP contribution is 2.26. The molecule has 0 saturated heterocycles. The molecular weight excluding hydrogens is 334 g/mol. The Balaban J connectivity index is 1.95. The van der Waals surface area contributed by atoms with Crippen LogP contribution < -0.4 is 15.8 Å². The van der Waals surface area contributed by atoms with E-state index in [9.17, 15) is 4.79 Å². The lowest BCUT2D eigenvalue weighted by Gasteiger charge is -2.09. The molecule has 8 nitrogen and oxygen atoms in total. The molecule has 1 amide bonds. The zero-order valence-corrected chi connectivity index (χ0v) is 14.5. The van der Waals surface area contributed by atoms with Gasteiger partial charge in [-0.25, -0.2) is 9.97 Å². The number of aromatic nitrogens is 3. The van der Waals surface area contributed by atoms with E-state index in [0.717, 1.165) is 16.9 Å². The molecule has 0 atom stereocenters. The highest BCUT2D eigenvalue weighted by atomic mass is 16.5. The molecule has 0 aliphatic rings. The number of hydrogen-bond donors (Lipinski definition) is 2. The van der Waals surface area contributed by atoms with E-state index in [1.807, 2.05) is 36.4 Å². The molecule has 1 aromatic carbocycles. The molecule has 3 N–H and O–H groups in total. The third-order valence-electron chi connectivity index (χ3n) is 3.55. The maximum Gasteiger partial charge on any atom is 0.245 e. The second-order valence-electron chi connectivity index (χ2n) is 5.55. The lowest BCUT2D eigenvalue weighted by atomic mass is 10.1. The van der Waals surface area contributed by atoms with Gasteiger partial charge >= 0.3 is 0 Å². The average Bonchev–Trinajstić information content (AvgIpc) is 2.61. The summed E-state index contributed by atoms with van der Waals surface area (Å²) in [4.78, 5) is 24.1. The topological polar surface area (TPSA) is 112 Å². The molecule has 0 radical (unpaired) electrons. The van der Waals surface area contributed by atoms with Gasteiger partial charge in [0.15, 0.2) is 5.52 Å². The third-order valence-corrected chi connectivity index (χ3v) is 3.55. The molecule has 0 fully saturated rings. The van der Waals surface area contributed by atoms with Gasteiger partial charge in [0.2, 0.25) is 17.7 Å². The Kier molecular flexibility index (Phi) is 5.23. The molecule has 8 heteroatoms. The van der Waals surface area contributed by atoms with Crippen molar-refractivity contribution in [1.29, 1.82) is 0 Å². The van der Waals surface area contributed by atoms with Crippen LogP contribution >= 0.6 is 0 Å². The van der Waals surface area contributed by atoms with E-state index in [-0.39, 0.29) is 11.9 Å². The summed E-state index contributed by atoms with van der Waals surface area (Å²) in [5, 5.41) is 2.73. The number of anilines is 2. The molecule has 134 valence electrons. The number of fused-ring (bicyclic) bond motifs is 1. The number of pyridine rings is 1. The fourth-order valence-corrected chi connectivity index (χ4v) is 2.42. The Morgan fingerprint density at radius 3 is 2.54 bits per heavy atom. The Hall–Kier alpha value is -3.26. The van der Waals surface area contributed by atoms with Gasteiger partial charge in [0.05, 0.1) is 17.8 Å². The minimum atomic E-state index is -0.117. The number of nitrogens with two attached hydrogens (primary N) is 1. The lowest BCUT2D eigenvalue weighted by molar-refractivity contribution is -0.114. The van der Waals surface area contributed by atoms with Gasteiger partial charge in [-0.1, -0.05) is 12.1 Å². The van der Waals surface area contributed by atoms with Gasteiger partial charge in [0.1, 0.15) is 6.61 Å². The van der Waals surface area contributed by atoms with Gasteiger partial charge < -0.3 is 20.5 Å². The Morgan fingerprint density at radius 2 is 1.85 bits per heavy atom. The maximum absolute atomic E-state index is 11.1. The van der Waals surface area contributed by atoms with E-state index < -0.39 is 0 Å².